The predicted molar refractivity (Wildman–Crippen MR) is 210 cm³/mol. The van der Waals surface area contributed by atoms with Crippen LogP contribution >= 0.6 is 0 Å². The highest BCUT2D eigenvalue weighted by molar-refractivity contribution is 6.04. The molecule has 0 bridgehead atoms. The molecule has 0 aliphatic carbocycles. The number of aromatic nitrogens is 8. The molecule has 15 nitrogen and oxygen atoms in total. The molecular weight excluding hydrogens is 699 g/mol. The summed E-state index contributed by atoms with van der Waals surface area (Å²) in [6.07, 6.45) is 6.47. The highest BCUT2D eigenvalue weighted by atomic mass is 16.2. The number of hydrogen-bond acceptors (Lipinski definition) is 8. The summed E-state index contributed by atoms with van der Waals surface area (Å²) in [7, 11) is 0. The third kappa shape index (κ3) is 7.86. The van der Waals surface area contributed by atoms with Gasteiger partial charge in [0.15, 0.2) is 5.78 Å². The number of allylic oxidation sites excluding steroid dienone is 2. The second-order valence-corrected chi connectivity index (χ2v) is 13.4. The number of carbonyl (C=O) groups is 4. The summed E-state index contributed by atoms with van der Waals surface area (Å²) in [5, 5.41) is 12.3. The van der Waals surface area contributed by atoms with Gasteiger partial charge in [0.05, 0.1) is 39.9 Å². The molecule has 15 heteroatoms. The largest absolute Gasteiger partial charge is 0.366 e. The summed E-state index contributed by atoms with van der Waals surface area (Å²) in [5.41, 5.74) is 17.6. The standard InChI is InChI=1S/C40H45N11O4/c1-6-17-48-31-15-13-26(37(41)53)21-29(31)43-35(48)23-34(52)33-20-24(4)46-51(33)19-11-9-10-12-28-25(5)47-50(8-3)36(28)39(55)45-40-44-30-22-27(38(42)54)14-16-32(30)49(40)18-7-2/h6-7,13-16,20-22H,1-2,8-12,17-19,23H2,3-5H3,(H2,41,53)(H2,42,54)(H,44,45,55). The van der Waals surface area contributed by atoms with Crippen molar-refractivity contribution in [3.05, 3.63) is 113 Å². The molecule has 6 rings (SSSR count). The summed E-state index contributed by atoms with van der Waals surface area (Å²) in [4.78, 5) is 60.4. The van der Waals surface area contributed by atoms with Gasteiger partial charge in [-0.1, -0.05) is 18.6 Å². The zero-order chi connectivity index (χ0) is 39.4. The van der Waals surface area contributed by atoms with Gasteiger partial charge < -0.3 is 20.6 Å². The Morgan fingerprint density at radius 3 is 2.07 bits per heavy atom. The lowest BCUT2D eigenvalue weighted by Crippen LogP contribution is -2.21. The van der Waals surface area contributed by atoms with E-state index in [9.17, 15) is 19.2 Å². The second-order valence-electron chi connectivity index (χ2n) is 13.4. The Morgan fingerprint density at radius 2 is 1.44 bits per heavy atom. The SMILES string of the molecule is C=CCn1c(CC(=O)c2cc(C)nn2CCCCCc2c(C)nn(CC)c2C(=O)Nc2nc3cc(C(N)=O)ccc3n2CC=C)nc2cc(C(N)=O)ccc21. The summed E-state index contributed by atoms with van der Waals surface area (Å²) < 4.78 is 7.19. The Balaban J connectivity index is 1.12. The van der Waals surface area contributed by atoms with E-state index in [1.54, 1.807) is 64.0 Å². The zero-order valence-corrected chi connectivity index (χ0v) is 31.3. The van der Waals surface area contributed by atoms with Gasteiger partial charge in [0.2, 0.25) is 17.8 Å². The topological polar surface area (TPSA) is 204 Å². The number of ketones is 1. The first kappa shape index (κ1) is 38.1. The molecule has 4 heterocycles. The summed E-state index contributed by atoms with van der Waals surface area (Å²) in [5.74, 6) is -0.682. The van der Waals surface area contributed by atoms with E-state index in [2.05, 4.69) is 38.6 Å². The molecule has 0 atom stereocenters. The summed E-state index contributed by atoms with van der Waals surface area (Å²) in [6.45, 7) is 15.3. The fourth-order valence-electron chi connectivity index (χ4n) is 6.97. The van der Waals surface area contributed by atoms with Crippen LogP contribution in [0.1, 0.15) is 90.7 Å². The highest BCUT2D eigenvalue weighted by Crippen LogP contribution is 2.25. The van der Waals surface area contributed by atoms with Crippen LogP contribution in [-0.2, 0) is 39.0 Å². The van der Waals surface area contributed by atoms with Gasteiger partial charge in [0.1, 0.15) is 17.2 Å². The number of nitrogens with one attached hydrogen (secondary N) is 1. The molecule has 0 saturated heterocycles. The Labute approximate surface area is 317 Å². The number of rotatable bonds is 18. The molecule has 0 saturated carbocycles. The Bertz CT molecular complexity index is 2480. The molecule has 3 amide bonds. The number of carbonyl (C=O) groups excluding carboxylic acids is 4. The van der Waals surface area contributed by atoms with Crippen LogP contribution in [0.2, 0.25) is 0 Å². The van der Waals surface area contributed by atoms with Crippen molar-refractivity contribution in [3.8, 4) is 0 Å². The van der Waals surface area contributed by atoms with Crippen LogP contribution in [0, 0.1) is 13.8 Å². The molecule has 6 aromatic rings. The molecule has 0 radical (unpaired) electrons. The maximum Gasteiger partial charge on any atom is 0.276 e. The molecule has 0 aliphatic rings. The first-order chi connectivity index (χ1) is 26.4. The predicted octanol–water partition coefficient (Wildman–Crippen LogP) is 5.08. The molecule has 284 valence electrons. The van der Waals surface area contributed by atoms with Crippen LogP contribution in [0.25, 0.3) is 22.1 Å². The third-order valence-corrected chi connectivity index (χ3v) is 9.56. The van der Waals surface area contributed by atoms with E-state index in [4.69, 9.17) is 11.5 Å². The lowest BCUT2D eigenvalue weighted by atomic mass is 10.0. The number of hydrogen-bond donors (Lipinski definition) is 3. The van der Waals surface area contributed by atoms with Gasteiger partial charge in [-0.2, -0.15) is 10.2 Å². The fourth-order valence-corrected chi connectivity index (χ4v) is 6.97. The summed E-state index contributed by atoms with van der Waals surface area (Å²) >= 11 is 0. The van der Waals surface area contributed by atoms with E-state index in [1.165, 1.54) is 0 Å². The van der Waals surface area contributed by atoms with Crippen molar-refractivity contribution in [2.24, 2.45) is 11.5 Å². The number of benzene rings is 2. The average Bonchev–Trinajstić information content (AvgIpc) is 3.89. The smallest absolute Gasteiger partial charge is 0.276 e. The lowest BCUT2D eigenvalue weighted by molar-refractivity contribution is 0.0974. The van der Waals surface area contributed by atoms with E-state index in [-0.39, 0.29) is 18.1 Å². The number of fused-ring (bicyclic) bond motifs is 2. The molecule has 0 fully saturated rings. The normalized spacial score (nSPS) is 11.3. The van der Waals surface area contributed by atoms with Crippen molar-refractivity contribution < 1.29 is 19.2 Å². The number of anilines is 1. The fraction of sp³-hybridized carbons (Fsp3) is 0.300. The van der Waals surface area contributed by atoms with Crippen molar-refractivity contribution in [1.29, 1.82) is 0 Å². The minimum atomic E-state index is -0.563. The number of primary amides is 2. The number of imidazole rings is 2. The quantitative estimate of drug-likeness (QED) is 0.0614. The number of nitrogens with two attached hydrogens (primary N) is 2. The van der Waals surface area contributed by atoms with E-state index in [1.807, 2.05) is 29.9 Å². The molecule has 0 spiro atoms. The first-order valence-electron chi connectivity index (χ1n) is 18.2. The van der Waals surface area contributed by atoms with Crippen molar-refractivity contribution in [2.45, 2.75) is 79.1 Å². The van der Waals surface area contributed by atoms with E-state index in [0.29, 0.717) is 77.9 Å². The Kier molecular flexibility index (Phi) is 11.2. The molecular formula is C40H45N11O4. The highest BCUT2D eigenvalue weighted by Gasteiger charge is 2.24. The summed E-state index contributed by atoms with van der Waals surface area (Å²) in [6, 6.07) is 11.8. The Hall–Kier alpha value is -6.64. The van der Waals surface area contributed by atoms with Gasteiger partial charge in [-0.25, -0.2) is 9.97 Å². The maximum atomic E-state index is 13.9. The molecule has 0 unspecified atom stereocenters. The van der Waals surface area contributed by atoms with Crippen molar-refractivity contribution in [3.63, 3.8) is 0 Å². The van der Waals surface area contributed by atoms with Crippen molar-refractivity contribution >= 4 is 51.5 Å². The first-order valence-corrected chi connectivity index (χ1v) is 18.2. The van der Waals surface area contributed by atoms with Gasteiger partial charge in [-0.3, -0.25) is 33.9 Å². The van der Waals surface area contributed by atoms with E-state index < -0.39 is 11.8 Å². The van der Waals surface area contributed by atoms with Gasteiger partial charge in [0.25, 0.3) is 5.91 Å². The number of Topliss-reactive ketones (excluding diaryl/α,β-unsaturated/α-hetero) is 1. The van der Waals surface area contributed by atoms with Crippen LogP contribution in [0.5, 0.6) is 0 Å². The monoisotopic (exact) mass is 743 g/mol. The molecule has 55 heavy (non-hydrogen) atoms. The third-order valence-electron chi connectivity index (χ3n) is 9.56. The van der Waals surface area contributed by atoms with Crippen LogP contribution in [0.15, 0.2) is 67.8 Å². The Morgan fingerprint density at radius 1 is 0.800 bits per heavy atom. The van der Waals surface area contributed by atoms with E-state index in [0.717, 1.165) is 47.2 Å². The molecule has 5 N–H and O–H groups in total. The molecule has 4 aromatic heterocycles. The minimum absolute atomic E-state index is 0.0450. The maximum absolute atomic E-state index is 13.9. The van der Waals surface area contributed by atoms with Gasteiger partial charge >= 0.3 is 0 Å². The molecule has 0 aliphatic heterocycles. The van der Waals surface area contributed by atoms with Crippen molar-refractivity contribution in [2.75, 3.05) is 5.32 Å². The zero-order valence-electron chi connectivity index (χ0n) is 31.3. The minimum Gasteiger partial charge on any atom is -0.366 e. The van der Waals surface area contributed by atoms with Crippen LogP contribution in [0.4, 0.5) is 5.95 Å². The van der Waals surface area contributed by atoms with E-state index >= 15 is 0 Å². The van der Waals surface area contributed by atoms with Crippen LogP contribution < -0.4 is 16.8 Å². The van der Waals surface area contributed by atoms with Gasteiger partial charge in [0, 0.05) is 42.9 Å². The number of unbranched alkanes of at least 4 members (excludes halogenated alkanes) is 2. The number of nitrogens with zero attached hydrogens (tertiary/aromatic N) is 8. The number of aryl methyl sites for hydroxylation is 4. The molecule has 2 aromatic carbocycles. The lowest BCUT2D eigenvalue weighted by Gasteiger charge is -2.11. The number of amides is 3. The van der Waals surface area contributed by atoms with Gasteiger partial charge in [-0.15, -0.1) is 13.2 Å². The van der Waals surface area contributed by atoms with Crippen LogP contribution in [0.3, 0.4) is 0 Å². The van der Waals surface area contributed by atoms with Gasteiger partial charge in [-0.05, 0) is 82.5 Å². The average molecular weight is 744 g/mol. The van der Waals surface area contributed by atoms with Crippen molar-refractivity contribution in [1.82, 2.24) is 38.7 Å². The van der Waals surface area contributed by atoms with Crippen LogP contribution in [-0.4, -0.2) is 62.2 Å². The second kappa shape index (κ2) is 16.2.